The van der Waals surface area contributed by atoms with Crippen LogP contribution in [0.15, 0.2) is 36.9 Å². The minimum atomic E-state index is -1.36. The Bertz CT molecular complexity index is 959. The minimum Gasteiger partial charge on any atom is -0.463 e. The molecule has 0 saturated carbocycles. The fraction of sp³-hybridized carbons (Fsp3) is 0.435. The van der Waals surface area contributed by atoms with Crippen molar-refractivity contribution in [2.24, 2.45) is 0 Å². The lowest BCUT2D eigenvalue weighted by Gasteiger charge is -2.43. The van der Waals surface area contributed by atoms with E-state index in [1.165, 1.54) is 19.1 Å². The van der Waals surface area contributed by atoms with E-state index in [0.717, 1.165) is 26.8 Å². The molecule has 0 aliphatic carbocycles. The summed E-state index contributed by atoms with van der Waals surface area (Å²) in [6, 6.07) is 6.10. The highest BCUT2D eigenvalue weighted by Crippen LogP contribution is 2.31. The normalized spacial score (nSPS) is 23.3. The van der Waals surface area contributed by atoms with Crippen molar-refractivity contribution in [3.05, 3.63) is 36.9 Å². The van der Waals surface area contributed by atoms with Gasteiger partial charge in [0.25, 0.3) is 0 Å². The zero-order valence-electron chi connectivity index (χ0n) is 19.7. The fourth-order valence-electron chi connectivity index (χ4n) is 3.23. The summed E-state index contributed by atoms with van der Waals surface area (Å²) in [5.74, 6) is -3.02. The molecule has 1 aliphatic rings. The lowest BCUT2D eigenvalue weighted by molar-refractivity contribution is -0.288. The molecule has 1 heterocycles. The molecule has 0 unspecified atom stereocenters. The smallest absolute Gasteiger partial charge is 0.303 e. The summed E-state index contributed by atoms with van der Waals surface area (Å²) >= 11 is 0. The summed E-state index contributed by atoms with van der Waals surface area (Å²) in [4.78, 5) is 58.3. The molecule has 0 bridgehead atoms. The average Bonchev–Trinajstić information content (AvgIpc) is 2.76. The topological polar surface area (TPSA) is 153 Å². The van der Waals surface area contributed by atoms with Crippen LogP contribution in [0.25, 0.3) is 0 Å². The van der Waals surface area contributed by atoms with Crippen molar-refractivity contribution in [2.75, 3.05) is 11.9 Å². The monoisotopic (exact) mass is 493 g/mol. The number of nitrogens with one attached hydrogen (secondary N) is 1. The first-order valence-electron chi connectivity index (χ1n) is 10.5. The number of hydrogen-bond donors (Lipinski definition) is 1. The molecule has 190 valence electrons. The molecule has 1 aromatic carbocycles. The minimum absolute atomic E-state index is 0.238. The molecule has 5 atom stereocenters. The van der Waals surface area contributed by atoms with Crippen molar-refractivity contribution in [1.29, 1.82) is 0 Å². The van der Waals surface area contributed by atoms with Crippen molar-refractivity contribution >= 4 is 35.5 Å². The van der Waals surface area contributed by atoms with Crippen molar-refractivity contribution in [1.82, 2.24) is 0 Å². The van der Waals surface area contributed by atoms with Crippen LogP contribution in [-0.2, 0) is 47.7 Å². The number of carbonyl (C=O) groups excluding carboxylic acids is 5. The van der Waals surface area contributed by atoms with Gasteiger partial charge in [-0.15, -0.1) is 0 Å². The van der Waals surface area contributed by atoms with Gasteiger partial charge in [0, 0.05) is 33.4 Å². The largest absolute Gasteiger partial charge is 0.463 e. The van der Waals surface area contributed by atoms with Crippen molar-refractivity contribution < 1.29 is 52.4 Å². The maximum atomic E-state index is 11.9. The van der Waals surface area contributed by atoms with Gasteiger partial charge >= 0.3 is 23.9 Å². The first-order valence-corrected chi connectivity index (χ1v) is 10.5. The molecule has 1 aromatic rings. The van der Waals surface area contributed by atoms with Crippen LogP contribution in [0.1, 0.15) is 27.7 Å². The number of carbonyl (C=O) groups is 5. The van der Waals surface area contributed by atoms with E-state index in [1.807, 2.05) is 0 Å². The van der Waals surface area contributed by atoms with Gasteiger partial charge in [0.1, 0.15) is 18.5 Å². The van der Waals surface area contributed by atoms with E-state index < -0.39 is 60.5 Å². The Morgan fingerprint density at radius 3 is 1.91 bits per heavy atom. The van der Waals surface area contributed by atoms with E-state index >= 15 is 0 Å². The maximum absolute atomic E-state index is 11.9. The van der Waals surface area contributed by atoms with Gasteiger partial charge in [-0.3, -0.25) is 24.0 Å². The van der Waals surface area contributed by atoms with Crippen LogP contribution in [0.2, 0.25) is 0 Å². The Hall–Kier alpha value is -3.93. The van der Waals surface area contributed by atoms with Gasteiger partial charge in [-0.2, -0.15) is 0 Å². The van der Waals surface area contributed by atoms with E-state index in [-0.39, 0.29) is 12.4 Å². The Kier molecular flexibility index (Phi) is 9.76. The van der Waals surface area contributed by atoms with Gasteiger partial charge in [-0.25, -0.2) is 0 Å². The molecule has 35 heavy (non-hydrogen) atoms. The number of benzene rings is 1. The zero-order valence-corrected chi connectivity index (χ0v) is 19.7. The van der Waals surface area contributed by atoms with Crippen molar-refractivity contribution in [3.63, 3.8) is 0 Å². The number of ether oxygens (including phenoxy) is 6. The van der Waals surface area contributed by atoms with Gasteiger partial charge in [0.05, 0.1) is 0 Å². The highest BCUT2D eigenvalue weighted by atomic mass is 16.7. The third-order valence-corrected chi connectivity index (χ3v) is 4.51. The highest BCUT2D eigenvalue weighted by molar-refractivity contribution is 5.98. The second-order valence-corrected chi connectivity index (χ2v) is 7.40. The Labute approximate surface area is 201 Å². The zero-order chi connectivity index (χ0) is 26.1. The third kappa shape index (κ3) is 8.41. The quantitative estimate of drug-likeness (QED) is 0.301. The molecular formula is C23H27NO11. The summed E-state index contributed by atoms with van der Waals surface area (Å²) in [6.07, 6.45) is -5.35. The Morgan fingerprint density at radius 2 is 1.40 bits per heavy atom. The number of amides is 1. The van der Waals surface area contributed by atoms with Gasteiger partial charge < -0.3 is 33.7 Å². The molecule has 1 amide bonds. The second kappa shape index (κ2) is 12.5. The summed E-state index contributed by atoms with van der Waals surface area (Å²) in [5.41, 5.74) is 0.462. The Morgan fingerprint density at radius 1 is 0.857 bits per heavy atom. The van der Waals surface area contributed by atoms with E-state index in [4.69, 9.17) is 28.4 Å². The van der Waals surface area contributed by atoms with Crippen LogP contribution in [0.5, 0.6) is 5.75 Å². The molecule has 2 rings (SSSR count). The number of anilines is 1. The van der Waals surface area contributed by atoms with Gasteiger partial charge in [-0.1, -0.05) is 6.58 Å². The van der Waals surface area contributed by atoms with Crippen LogP contribution in [0.3, 0.4) is 0 Å². The molecule has 1 N–H and O–H groups in total. The van der Waals surface area contributed by atoms with Crippen LogP contribution in [-0.4, -0.2) is 67.1 Å². The van der Waals surface area contributed by atoms with Gasteiger partial charge in [0.15, 0.2) is 12.2 Å². The molecule has 1 aliphatic heterocycles. The van der Waals surface area contributed by atoms with E-state index in [1.54, 1.807) is 12.1 Å². The van der Waals surface area contributed by atoms with Crippen LogP contribution in [0, 0.1) is 0 Å². The van der Waals surface area contributed by atoms with E-state index in [0.29, 0.717) is 5.69 Å². The number of esters is 4. The lowest BCUT2D eigenvalue weighted by atomic mass is 9.98. The third-order valence-electron chi connectivity index (χ3n) is 4.51. The fourth-order valence-corrected chi connectivity index (χ4v) is 3.23. The molecule has 0 spiro atoms. The molecule has 1 saturated heterocycles. The molecule has 12 nitrogen and oxygen atoms in total. The standard InChI is InChI=1S/C23H27NO11/c1-6-19(29)24-16-7-9-17(10-8-16)34-23-22(33-15(5)28)21(32-14(4)27)20(31-13(3)26)18(35-23)11-30-12(2)25/h6-10,18,20-23H,1,11H2,2-5H3,(H,24,29)/t18-,20+,21+,22-,23-/m1/s1. The van der Waals surface area contributed by atoms with Gasteiger partial charge in [-0.05, 0) is 30.3 Å². The van der Waals surface area contributed by atoms with Crippen LogP contribution in [0.4, 0.5) is 5.69 Å². The summed E-state index contributed by atoms with van der Waals surface area (Å²) in [7, 11) is 0. The maximum Gasteiger partial charge on any atom is 0.303 e. The Balaban J connectivity index is 2.39. The van der Waals surface area contributed by atoms with Gasteiger partial charge in [0.2, 0.25) is 18.3 Å². The SMILES string of the molecule is C=CC(=O)Nc1ccc(O[C@@H]2O[C@H](COC(C)=O)[C@H](OC(C)=O)[C@H](OC(C)=O)[C@H]2OC(C)=O)cc1. The number of hydrogen-bond acceptors (Lipinski definition) is 11. The first kappa shape index (κ1) is 27.3. The summed E-state index contributed by atoms with van der Waals surface area (Å²) in [6.45, 7) is 7.56. The first-order chi connectivity index (χ1) is 16.5. The van der Waals surface area contributed by atoms with E-state index in [2.05, 4.69) is 11.9 Å². The summed E-state index contributed by atoms with van der Waals surface area (Å²) < 4.78 is 32.7. The summed E-state index contributed by atoms with van der Waals surface area (Å²) in [5, 5.41) is 2.58. The average molecular weight is 493 g/mol. The van der Waals surface area contributed by atoms with Crippen molar-refractivity contribution in [2.45, 2.75) is 58.4 Å². The molecule has 1 fully saturated rings. The van der Waals surface area contributed by atoms with Crippen molar-refractivity contribution in [3.8, 4) is 5.75 Å². The molecule has 0 radical (unpaired) electrons. The molecule has 0 aromatic heterocycles. The number of rotatable bonds is 9. The molecular weight excluding hydrogens is 466 g/mol. The predicted octanol–water partition coefficient (Wildman–Crippen LogP) is 1.27. The highest BCUT2D eigenvalue weighted by Gasteiger charge is 2.53. The van der Waals surface area contributed by atoms with E-state index in [9.17, 15) is 24.0 Å². The lowest BCUT2D eigenvalue weighted by Crippen LogP contribution is -2.63. The van der Waals surface area contributed by atoms with Crippen LogP contribution >= 0.6 is 0 Å². The second-order valence-electron chi connectivity index (χ2n) is 7.40. The predicted molar refractivity (Wildman–Crippen MR) is 118 cm³/mol. The van der Waals surface area contributed by atoms with Crippen LogP contribution < -0.4 is 10.1 Å². The molecule has 12 heteroatoms.